The zero-order chi connectivity index (χ0) is 15.3. The standard InChI is InChI=1S/C18H18F2O/c1-17(2,3)13-8-9-16-14(10-13)18(19,20)11-12-6-4-5-7-15(12)21-16/h4-10H,11H2,1-3H3. The fourth-order valence-corrected chi connectivity index (χ4v) is 2.57. The molecular weight excluding hydrogens is 270 g/mol. The average molecular weight is 288 g/mol. The third-order valence-electron chi connectivity index (χ3n) is 3.84. The molecule has 2 aromatic rings. The zero-order valence-corrected chi connectivity index (χ0v) is 12.4. The minimum absolute atomic E-state index is 0.0221. The van der Waals surface area contributed by atoms with Gasteiger partial charge in [0.25, 0.3) is 5.92 Å². The van der Waals surface area contributed by atoms with Gasteiger partial charge in [0.15, 0.2) is 0 Å². The lowest BCUT2D eigenvalue weighted by Gasteiger charge is -2.23. The number of benzene rings is 2. The maximum absolute atomic E-state index is 14.6. The maximum Gasteiger partial charge on any atom is 0.280 e. The number of rotatable bonds is 0. The van der Waals surface area contributed by atoms with Crippen molar-refractivity contribution in [1.29, 1.82) is 0 Å². The predicted molar refractivity (Wildman–Crippen MR) is 79.3 cm³/mol. The van der Waals surface area contributed by atoms with Crippen LogP contribution in [0, 0.1) is 0 Å². The highest BCUT2D eigenvalue weighted by molar-refractivity contribution is 5.49. The fourth-order valence-electron chi connectivity index (χ4n) is 2.57. The van der Waals surface area contributed by atoms with E-state index in [1.165, 1.54) is 0 Å². The van der Waals surface area contributed by atoms with Crippen molar-refractivity contribution in [2.45, 2.75) is 38.5 Å². The Morgan fingerprint density at radius 3 is 2.43 bits per heavy atom. The third-order valence-corrected chi connectivity index (χ3v) is 3.84. The van der Waals surface area contributed by atoms with E-state index in [1.807, 2.05) is 26.8 Å². The van der Waals surface area contributed by atoms with Gasteiger partial charge in [0.1, 0.15) is 11.5 Å². The number of hydrogen-bond acceptors (Lipinski definition) is 1. The second kappa shape index (κ2) is 4.55. The van der Waals surface area contributed by atoms with Crippen molar-refractivity contribution in [2.75, 3.05) is 0 Å². The SMILES string of the molecule is CC(C)(C)c1ccc2c(c1)C(F)(F)Cc1ccccc1O2. The van der Waals surface area contributed by atoms with E-state index in [9.17, 15) is 8.78 Å². The Morgan fingerprint density at radius 2 is 1.71 bits per heavy atom. The lowest BCUT2D eigenvalue weighted by molar-refractivity contribution is -0.00349. The molecule has 1 aliphatic rings. The van der Waals surface area contributed by atoms with Crippen molar-refractivity contribution in [3.63, 3.8) is 0 Å². The van der Waals surface area contributed by atoms with Gasteiger partial charge in [-0.15, -0.1) is 0 Å². The van der Waals surface area contributed by atoms with E-state index in [4.69, 9.17) is 4.74 Å². The number of fused-ring (bicyclic) bond motifs is 2. The van der Waals surface area contributed by atoms with Crippen LogP contribution in [0.4, 0.5) is 8.78 Å². The largest absolute Gasteiger partial charge is 0.457 e. The van der Waals surface area contributed by atoms with E-state index in [2.05, 4.69) is 0 Å². The Balaban J connectivity index is 2.16. The summed E-state index contributed by atoms with van der Waals surface area (Å²) in [4.78, 5) is 0. The van der Waals surface area contributed by atoms with Crippen molar-refractivity contribution < 1.29 is 13.5 Å². The summed E-state index contributed by atoms with van der Waals surface area (Å²) in [6.45, 7) is 6.04. The molecule has 0 aromatic heterocycles. The molecule has 0 unspecified atom stereocenters. The molecule has 2 aromatic carbocycles. The summed E-state index contributed by atoms with van der Waals surface area (Å²) in [5.41, 5.74) is 1.22. The molecule has 1 nitrogen and oxygen atoms in total. The highest BCUT2D eigenvalue weighted by Crippen LogP contribution is 2.45. The molecule has 3 heteroatoms. The number of halogens is 2. The van der Waals surface area contributed by atoms with Gasteiger partial charge in [0.2, 0.25) is 0 Å². The molecule has 0 atom stereocenters. The lowest BCUT2D eigenvalue weighted by atomic mass is 9.85. The van der Waals surface area contributed by atoms with Crippen LogP contribution in [0.1, 0.15) is 37.5 Å². The summed E-state index contributed by atoms with van der Waals surface area (Å²) in [5, 5.41) is 0. The van der Waals surface area contributed by atoms with Crippen LogP contribution in [-0.4, -0.2) is 0 Å². The van der Waals surface area contributed by atoms with Crippen molar-refractivity contribution in [3.8, 4) is 11.5 Å². The minimum Gasteiger partial charge on any atom is -0.457 e. The first-order chi connectivity index (χ1) is 9.77. The summed E-state index contributed by atoms with van der Waals surface area (Å²) in [7, 11) is 0. The van der Waals surface area contributed by atoms with Crippen molar-refractivity contribution in [2.24, 2.45) is 0 Å². The molecule has 0 aliphatic carbocycles. The van der Waals surface area contributed by atoms with Gasteiger partial charge >= 0.3 is 0 Å². The molecule has 0 saturated carbocycles. The molecule has 0 radical (unpaired) electrons. The number of alkyl halides is 2. The monoisotopic (exact) mass is 288 g/mol. The van der Waals surface area contributed by atoms with Crippen LogP contribution in [0.3, 0.4) is 0 Å². The number of ether oxygens (including phenoxy) is 1. The Hall–Kier alpha value is -1.90. The van der Waals surface area contributed by atoms with Crippen molar-refractivity contribution in [1.82, 2.24) is 0 Å². The molecule has 0 amide bonds. The normalized spacial score (nSPS) is 16.4. The predicted octanol–water partition coefficient (Wildman–Crippen LogP) is 5.42. The second-order valence-electron chi connectivity index (χ2n) is 6.55. The van der Waals surface area contributed by atoms with Crippen LogP contribution in [-0.2, 0) is 17.8 Å². The van der Waals surface area contributed by atoms with E-state index in [0.29, 0.717) is 11.3 Å². The van der Waals surface area contributed by atoms with E-state index >= 15 is 0 Å². The quantitative estimate of drug-likeness (QED) is 0.628. The molecule has 1 heterocycles. The summed E-state index contributed by atoms with van der Waals surface area (Å²) >= 11 is 0. The topological polar surface area (TPSA) is 9.23 Å². The molecule has 21 heavy (non-hydrogen) atoms. The average Bonchev–Trinajstić information content (AvgIpc) is 2.50. The van der Waals surface area contributed by atoms with Crippen LogP contribution in [0.25, 0.3) is 0 Å². The highest BCUT2D eigenvalue weighted by atomic mass is 19.3. The Morgan fingerprint density at radius 1 is 1.00 bits per heavy atom. The van der Waals surface area contributed by atoms with Gasteiger partial charge in [-0.2, -0.15) is 0 Å². The summed E-state index contributed by atoms with van der Waals surface area (Å²) < 4.78 is 35.0. The molecule has 3 rings (SSSR count). The highest BCUT2D eigenvalue weighted by Gasteiger charge is 2.39. The Bertz CT molecular complexity index is 684. The summed E-state index contributed by atoms with van der Waals surface area (Å²) in [6.07, 6.45) is -0.330. The van der Waals surface area contributed by atoms with Gasteiger partial charge in [-0.3, -0.25) is 0 Å². The van der Waals surface area contributed by atoms with Crippen LogP contribution >= 0.6 is 0 Å². The van der Waals surface area contributed by atoms with E-state index < -0.39 is 5.92 Å². The smallest absolute Gasteiger partial charge is 0.280 e. The first-order valence-corrected chi connectivity index (χ1v) is 7.06. The Kier molecular flexibility index (Phi) is 3.05. The van der Waals surface area contributed by atoms with Gasteiger partial charge in [0, 0.05) is 12.0 Å². The Labute approximate surface area is 123 Å². The molecule has 0 spiro atoms. The maximum atomic E-state index is 14.6. The fraction of sp³-hybridized carbons (Fsp3) is 0.333. The van der Waals surface area contributed by atoms with E-state index in [-0.39, 0.29) is 23.1 Å². The molecule has 0 fully saturated rings. The minimum atomic E-state index is -2.93. The van der Waals surface area contributed by atoms with Gasteiger partial charge in [0.05, 0.1) is 5.56 Å². The molecule has 0 bridgehead atoms. The van der Waals surface area contributed by atoms with E-state index in [1.54, 1.807) is 36.4 Å². The van der Waals surface area contributed by atoms with Crippen LogP contribution < -0.4 is 4.74 Å². The van der Waals surface area contributed by atoms with Crippen LogP contribution in [0.15, 0.2) is 42.5 Å². The van der Waals surface area contributed by atoms with Gasteiger partial charge in [-0.05, 0) is 29.2 Å². The van der Waals surface area contributed by atoms with Gasteiger partial charge in [-0.1, -0.05) is 45.0 Å². The summed E-state index contributed by atoms with van der Waals surface area (Å²) in [5.74, 6) is -2.17. The second-order valence-corrected chi connectivity index (χ2v) is 6.55. The number of para-hydroxylation sites is 1. The summed E-state index contributed by atoms with van der Waals surface area (Å²) in [6, 6.07) is 12.1. The van der Waals surface area contributed by atoms with Crippen molar-refractivity contribution >= 4 is 0 Å². The van der Waals surface area contributed by atoms with E-state index in [0.717, 1.165) is 5.56 Å². The van der Waals surface area contributed by atoms with Crippen LogP contribution in [0.5, 0.6) is 11.5 Å². The first-order valence-electron chi connectivity index (χ1n) is 7.06. The van der Waals surface area contributed by atoms with Crippen LogP contribution in [0.2, 0.25) is 0 Å². The van der Waals surface area contributed by atoms with Gasteiger partial charge in [-0.25, -0.2) is 8.78 Å². The van der Waals surface area contributed by atoms with Crippen molar-refractivity contribution in [3.05, 3.63) is 59.2 Å². The first kappa shape index (κ1) is 14.1. The molecular formula is C18H18F2O. The number of hydrogen-bond donors (Lipinski definition) is 0. The zero-order valence-electron chi connectivity index (χ0n) is 12.4. The third kappa shape index (κ3) is 2.53. The van der Waals surface area contributed by atoms with Gasteiger partial charge < -0.3 is 4.74 Å². The molecule has 0 N–H and O–H groups in total. The molecule has 1 aliphatic heterocycles. The molecule has 110 valence electrons. The lowest BCUT2D eigenvalue weighted by Crippen LogP contribution is -2.18. The molecule has 0 saturated heterocycles.